The van der Waals surface area contributed by atoms with Crippen LogP contribution in [0.1, 0.15) is 34.3 Å². The number of amides is 1. The summed E-state index contributed by atoms with van der Waals surface area (Å²) >= 11 is 0. The molecule has 1 fully saturated rings. The quantitative estimate of drug-likeness (QED) is 0.455. The van der Waals surface area contributed by atoms with Crippen molar-refractivity contribution < 1.29 is 4.79 Å². The van der Waals surface area contributed by atoms with E-state index < -0.39 is 0 Å². The summed E-state index contributed by atoms with van der Waals surface area (Å²) in [6, 6.07) is 17.4. The summed E-state index contributed by atoms with van der Waals surface area (Å²) in [5.74, 6) is 6.96. The van der Waals surface area contributed by atoms with Gasteiger partial charge in [-0.1, -0.05) is 30.0 Å². The van der Waals surface area contributed by atoms with Gasteiger partial charge in [0, 0.05) is 55.5 Å². The van der Waals surface area contributed by atoms with Gasteiger partial charge < -0.3 is 9.47 Å². The molecule has 3 heterocycles. The number of carbonyl (C=O) groups excluding carboxylic acids is 1. The maximum atomic E-state index is 13.4. The molecule has 1 saturated heterocycles. The minimum Gasteiger partial charge on any atom is -0.338 e. The first-order valence-electron chi connectivity index (χ1n) is 11.2. The van der Waals surface area contributed by atoms with Crippen LogP contribution in [0, 0.1) is 17.8 Å². The van der Waals surface area contributed by atoms with Crippen molar-refractivity contribution in [1.82, 2.24) is 24.2 Å². The molecule has 1 aliphatic heterocycles. The van der Waals surface area contributed by atoms with Gasteiger partial charge in [0.2, 0.25) is 0 Å². The number of hydrogen-bond donors (Lipinski definition) is 0. The fraction of sp³-hybridized carbons (Fsp3) is 0.222. The minimum atomic E-state index is 0.0557. The van der Waals surface area contributed by atoms with Gasteiger partial charge in [-0.2, -0.15) is 5.10 Å². The average Bonchev–Trinajstić information content (AvgIpc) is 3.58. The Kier molecular flexibility index (Phi) is 6.03. The highest BCUT2D eigenvalue weighted by Gasteiger charge is 2.25. The van der Waals surface area contributed by atoms with E-state index in [1.165, 1.54) is 0 Å². The van der Waals surface area contributed by atoms with Crippen LogP contribution in [-0.4, -0.2) is 43.2 Å². The van der Waals surface area contributed by atoms with E-state index in [-0.39, 0.29) is 5.91 Å². The number of rotatable bonds is 4. The average molecular weight is 436 g/mol. The summed E-state index contributed by atoms with van der Waals surface area (Å²) in [5.41, 5.74) is 3.22. The molecule has 33 heavy (non-hydrogen) atoms. The van der Waals surface area contributed by atoms with Crippen LogP contribution in [0.25, 0.3) is 5.69 Å². The monoisotopic (exact) mass is 435 g/mol. The smallest absolute Gasteiger partial charge is 0.253 e. The molecule has 0 bridgehead atoms. The van der Waals surface area contributed by atoms with Gasteiger partial charge in [-0.25, -0.2) is 9.67 Å². The van der Waals surface area contributed by atoms with Crippen LogP contribution in [-0.2, 0) is 6.54 Å². The van der Waals surface area contributed by atoms with Crippen molar-refractivity contribution in [2.75, 3.05) is 13.1 Å². The van der Waals surface area contributed by atoms with Crippen molar-refractivity contribution >= 4 is 5.91 Å². The van der Waals surface area contributed by atoms with Crippen LogP contribution < -0.4 is 0 Å². The molecular weight excluding hydrogens is 410 g/mol. The van der Waals surface area contributed by atoms with E-state index in [0.29, 0.717) is 11.5 Å². The third kappa shape index (κ3) is 4.88. The van der Waals surface area contributed by atoms with Crippen LogP contribution >= 0.6 is 0 Å². The molecule has 1 aliphatic rings. The summed E-state index contributed by atoms with van der Waals surface area (Å²) in [7, 11) is 0. The van der Waals surface area contributed by atoms with Crippen LogP contribution in [0.5, 0.6) is 0 Å². The van der Waals surface area contributed by atoms with Gasteiger partial charge in [0.05, 0.1) is 17.6 Å². The molecule has 4 aromatic rings. The Balaban J connectivity index is 1.41. The lowest BCUT2D eigenvalue weighted by molar-refractivity contribution is 0.0662. The maximum absolute atomic E-state index is 13.4. The van der Waals surface area contributed by atoms with Crippen LogP contribution in [0.3, 0.4) is 0 Å². The molecule has 164 valence electrons. The molecule has 0 radical (unpaired) electrons. The Bertz CT molecular complexity index is 1270. The number of piperidine rings is 1. The number of imidazole rings is 1. The number of likely N-dealkylation sites (tertiary alicyclic amines) is 1. The van der Waals surface area contributed by atoms with Crippen LogP contribution in [0.2, 0.25) is 0 Å². The first-order chi connectivity index (χ1) is 16.3. The SMILES string of the molecule is O=C(c1ccc(-n2cccn2)c(C#Cc2ccccc2)c1)N1CCCC(Cn2ccnc2)C1. The van der Waals surface area contributed by atoms with E-state index in [1.807, 2.05) is 78.2 Å². The minimum absolute atomic E-state index is 0.0557. The van der Waals surface area contributed by atoms with Gasteiger partial charge in [0.1, 0.15) is 0 Å². The van der Waals surface area contributed by atoms with Gasteiger partial charge in [-0.05, 0) is 55.2 Å². The van der Waals surface area contributed by atoms with Gasteiger partial charge in [0.15, 0.2) is 0 Å². The molecule has 1 atom stereocenters. The zero-order valence-electron chi connectivity index (χ0n) is 18.3. The third-order valence-electron chi connectivity index (χ3n) is 5.94. The number of nitrogens with zero attached hydrogens (tertiary/aromatic N) is 5. The van der Waals surface area contributed by atoms with Crippen molar-refractivity contribution in [3.63, 3.8) is 0 Å². The van der Waals surface area contributed by atoms with Crippen molar-refractivity contribution in [1.29, 1.82) is 0 Å². The number of benzene rings is 2. The van der Waals surface area contributed by atoms with E-state index >= 15 is 0 Å². The second-order valence-corrected chi connectivity index (χ2v) is 8.32. The molecule has 2 aromatic heterocycles. The summed E-state index contributed by atoms with van der Waals surface area (Å²) < 4.78 is 3.88. The highest BCUT2D eigenvalue weighted by Crippen LogP contribution is 2.22. The van der Waals surface area contributed by atoms with E-state index in [4.69, 9.17) is 0 Å². The maximum Gasteiger partial charge on any atom is 0.253 e. The largest absolute Gasteiger partial charge is 0.338 e. The fourth-order valence-corrected chi connectivity index (χ4v) is 4.32. The lowest BCUT2D eigenvalue weighted by atomic mass is 9.97. The first kappa shape index (κ1) is 20.8. The Morgan fingerprint density at radius 1 is 1.03 bits per heavy atom. The topological polar surface area (TPSA) is 56.0 Å². The molecule has 6 nitrogen and oxygen atoms in total. The molecule has 1 unspecified atom stereocenters. The first-order valence-corrected chi connectivity index (χ1v) is 11.2. The molecule has 0 saturated carbocycles. The zero-order valence-corrected chi connectivity index (χ0v) is 18.3. The van der Waals surface area contributed by atoms with Crippen LogP contribution in [0.15, 0.2) is 85.7 Å². The molecule has 1 amide bonds. The molecule has 0 N–H and O–H groups in total. The predicted octanol–water partition coefficient (Wildman–Crippen LogP) is 4.02. The molecular formula is C27H25N5O. The summed E-state index contributed by atoms with van der Waals surface area (Å²) in [5, 5.41) is 4.36. The van der Waals surface area contributed by atoms with Crippen molar-refractivity contribution in [2.24, 2.45) is 5.92 Å². The summed E-state index contributed by atoms with van der Waals surface area (Å²) in [6.45, 7) is 2.42. The van der Waals surface area contributed by atoms with Crippen molar-refractivity contribution in [2.45, 2.75) is 19.4 Å². The number of aromatic nitrogens is 4. The second kappa shape index (κ2) is 9.58. The highest BCUT2D eigenvalue weighted by atomic mass is 16.2. The van der Waals surface area contributed by atoms with Gasteiger partial charge in [0.25, 0.3) is 5.91 Å². The Hall–Kier alpha value is -4.11. The summed E-state index contributed by atoms with van der Waals surface area (Å²) in [4.78, 5) is 19.5. The molecule has 0 aliphatic carbocycles. The van der Waals surface area contributed by atoms with Crippen molar-refractivity contribution in [3.8, 4) is 17.5 Å². The lowest BCUT2D eigenvalue weighted by Crippen LogP contribution is -2.41. The lowest BCUT2D eigenvalue weighted by Gasteiger charge is -2.33. The van der Waals surface area contributed by atoms with Gasteiger partial charge in [-0.3, -0.25) is 4.79 Å². The van der Waals surface area contributed by atoms with E-state index in [9.17, 15) is 4.79 Å². The second-order valence-electron chi connectivity index (χ2n) is 8.32. The fourth-order valence-electron chi connectivity index (χ4n) is 4.32. The van der Waals surface area contributed by atoms with Crippen molar-refractivity contribution in [3.05, 3.63) is 102 Å². The third-order valence-corrected chi connectivity index (χ3v) is 5.94. The molecule has 2 aromatic carbocycles. The Morgan fingerprint density at radius 2 is 1.94 bits per heavy atom. The number of carbonyl (C=O) groups is 1. The predicted molar refractivity (Wildman–Crippen MR) is 127 cm³/mol. The standard InChI is InChI=1S/C27H25N5O/c33-27(31-15-4-8-23(20-31)19-30-17-14-28-21-30)25-11-12-26(32-16-5-13-29-32)24(18-25)10-9-22-6-2-1-3-7-22/h1-3,5-7,11-14,16-18,21,23H,4,8,15,19-20H2. The zero-order chi connectivity index (χ0) is 22.5. The van der Waals surface area contributed by atoms with E-state index in [0.717, 1.165) is 49.3 Å². The van der Waals surface area contributed by atoms with E-state index in [1.54, 1.807) is 17.1 Å². The molecule has 0 spiro atoms. The summed E-state index contributed by atoms with van der Waals surface area (Å²) in [6.07, 6.45) is 11.4. The number of hydrogen-bond acceptors (Lipinski definition) is 3. The Labute approximate surface area is 193 Å². The van der Waals surface area contributed by atoms with Gasteiger partial charge in [-0.15, -0.1) is 0 Å². The Morgan fingerprint density at radius 3 is 2.73 bits per heavy atom. The molecule has 5 rings (SSSR count). The normalized spacial score (nSPS) is 15.6. The van der Waals surface area contributed by atoms with Crippen LogP contribution in [0.4, 0.5) is 0 Å². The van der Waals surface area contributed by atoms with Gasteiger partial charge >= 0.3 is 0 Å². The van der Waals surface area contributed by atoms with E-state index in [2.05, 4.69) is 26.5 Å². The highest BCUT2D eigenvalue weighted by molar-refractivity contribution is 5.95. The molecule has 6 heteroatoms.